The van der Waals surface area contributed by atoms with Crippen molar-refractivity contribution in [3.63, 3.8) is 0 Å². The Labute approximate surface area is 226 Å². The van der Waals surface area contributed by atoms with E-state index in [1.54, 1.807) is 48.5 Å². The maximum atomic E-state index is 13.3. The normalized spacial score (nSPS) is 16.8. The van der Waals surface area contributed by atoms with Crippen molar-refractivity contribution in [1.82, 2.24) is 10.2 Å². The molecule has 37 heavy (non-hydrogen) atoms. The third kappa shape index (κ3) is 5.11. The fourth-order valence-corrected chi connectivity index (χ4v) is 5.92. The van der Waals surface area contributed by atoms with E-state index in [1.165, 1.54) is 35.1 Å². The highest BCUT2D eigenvalue weighted by Crippen LogP contribution is 2.44. The number of anilines is 1. The largest absolute Gasteiger partial charge is 0.507 e. The summed E-state index contributed by atoms with van der Waals surface area (Å²) < 4.78 is 5.84. The van der Waals surface area contributed by atoms with Crippen LogP contribution in [0.15, 0.2) is 88.8 Å². The molecule has 1 saturated heterocycles. The van der Waals surface area contributed by atoms with Gasteiger partial charge in [-0.15, -0.1) is 10.2 Å². The molecule has 2 heterocycles. The van der Waals surface area contributed by atoms with Crippen molar-refractivity contribution in [2.75, 3.05) is 12.0 Å². The zero-order valence-electron chi connectivity index (χ0n) is 19.5. The highest BCUT2D eigenvalue weighted by Gasteiger charge is 2.48. The van der Waals surface area contributed by atoms with E-state index in [2.05, 4.69) is 10.2 Å². The molecule has 1 fully saturated rings. The molecule has 1 atom stereocenters. The minimum Gasteiger partial charge on any atom is -0.507 e. The number of Topliss-reactive ketones (excluding diaryl/α,β-unsaturated/α-hetero) is 1. The first-order valence-corrected chi connectivity index (χ1v) is 13.4. The summed E-state index contributed by atoms with van der Waals surface area (Å²) in [5.74, 6) is -0.591. The molecule has 0 unspecified atom stereocenters. The van der Waals surface area contributed by atoms with E-state index in [4.69, 9.17) is 16.3 Å². The van der Waals surface area contributed by atoms with Crippen molar-refractivity contribution < 1.29 is 19.4 Å². The lowest BCUT2D eigenvalue weighted by molar-refractivity contribution is -0.132. The van der Waals surface area contributed by atoms with Crippen LogP contribution >= 0.6 is 34.7 Å². The molecule has 3 aromatic carbocycles. The topological polar surface area (TPSA) is 92.6 Å². The number of methoxy groups -OCH3 is 1. The summed E-state index contributed by atoms with van der Waals surface area (Å²) in [4.78, 5) is 27.9. The van der Waals surface area contributed by atoms with E-state index in [0.717, 1.165) is 5.56 Å². The number of halogens is 1. The van der Waals surface area contributed by atoms with Gasteiger partial charge in [-0.05, 0) is 47.5 Å². The van der Waals surface area contributed by atoms with Gasteiger partial charge in [0.1, 0.15) is 11.5 Å². The summed E-state index contributed by atoms with van der Waals surface area (Å²) in [5.41, 5.74) is 2.08. The second-order valence-corrected chi connectivity index (χ2v) is 10.7. The van der Waals surface area contributed by atoms with Crippen LogP contribution in [0.1, 0.15) is 22.7 Å². The number of rotatable bonds is 7. The lowest BCUT2D eigenvalue weighted by Crippen LogP contribution is -2.29. The number of benzene rings is 3. The van der Waals surface area contributed by atoms with E-state index in [-0.39, 0.29) is 16.5 Å². The molecule has 10 heteroatoms. The minimum absolute atomic E-state index is 0.0359. The Morgan fingerprint density at radius 1 is 1.03 bits per heavy atom. The van der Waals surface area contributed by atoms with Crippen LogP contribution in [0.25, 0.3) is 5.76 Å². The third-order valence-electron chi connectivity index (χ3n) is 5.80. The van der Waals surface area contributed by atoms with E-state index < -0.39 is 17.7 Å². The molecule has 1 N–H and O–H groups in total. The fourth-order valence-electron chi connectivity index (χ4n) is 3.97. The quantitative estimate of drug-likeness (QED) is 0.0976. The first-order chi connectivity index (χ1) is 18.0. The van der Waals surface area contributed by atoms with E-state index >= 15 is 0 Å². The van der Waals surface area contributed by atoms with Crippen LogP contribution in [0.3, 0.4) is 0 Å². The Bertz CT molecular complexity index is 1470. The predicted molar refractivity (Wildman–Crippen MR) is 145 cm³/mol. The predicted octanol–water partition coefficient (Wildman–Crippen LogP) is 6.12. The number of amides is 1. The third-order valence-corrected chi connectivity index (χ3v) is 8.18. The van der Waals surface area contributed by atoms with Gasteiger partial charge in [-0.3, -0.25) is 14.5 Å². The smallest absolute Gasteiger partial charge is 0.301 e. The summed E-state index contributed by atoms with van der Waals surface area (Å²) in [6.07, 6.45) is 0. The number of aromatic nitrogens is 2. The monoisotopic (exact) mass is 549 g/mol. The molecular formula is C27H20ClN3O4S2. The van der Waals surface area contributed by atoms with Gasteiger partial charge in [0.25, 0.3) is 5.78 Å². The molecule has 186 valence electrons. The molecule has 0 saturated carbocycles. The number of ketones is 1. The molecule has 1 aliphatic rings. The Morgan fingerprint density at radius 3 is 2.41 bits per heavy atom. The number of carbonyl (C=O) groups excluding carboxylic acids is 2. The first-order valence-electron chi connectivity index (χ1n) is 11.2. The SMILES string of the molecule is COc1ccc(C(O)=C2C(=O)C(=O)N(c3nnc(SCc4ccccc4)s3)[C@H]2c2ccc(Cl)cc2)cc1. The van der Waals surface area contributed by atoms with Crippen molar-refractivity contribution in [1.29, 1.82) is 0 Å². The second-order valence-electron chi connectivity index (χ2n) is 8.07. The molecular weight excluding hydrogens is 530 g/mol. The molecule has 4 aromatic rings. The summed E-state index contributed by atoms with van der Waals surface area (Å²) in [6, 6.07) is 22.4. The molecule has 5 rings (SSSR count). The Balaban J connectivity index is 1.54. The molecule has 0 aliphatic carbocycles. The highest BCUT2D eigenvalue weighted by molar-refractivity contribution is 8.00. The molecule has 1 aromatic heterocycles. The molecule has 1 amide bonds. The fraction of sp³-hybridized carbons (Fsp3) is 0.111. The minimum atomic E-state index is -0.903. The maximum Gasteiger partial charge on any atom is 0.301 e. The van der Waals surface area contributed by atoms with E-state index in [1.807, 2.05) is 30.3 Å². The van der Waals surface area contributed by atoms with Gasteiger partial charge in [-0.25, -0.2) is 0 Å². The Hall–Kier alpha value is -3.66. The molecule has 7 nitrogen and oxygen atoms in total. The van der Waals surface area contributed by atoms with Crippen LogP contribution in [0.5, 0.6) is 5.75 Å². The second kappa shape index (κ2) is 10.8. The molecule has 0 spiro atoms. The summed E-state index contributed by atoms with van der Waals surface area (Å²) in [5, 5.41) is 20.5. The lowest BCUT2D eigenvalue weighted by atomic mass is 9.95. The molecule has 0 bridgehead atoms. The van der Waals surface area contributed by atoms with Crippen LogP contribution in [0.4, 0.5) is 5.13 Å². The van der Waals surface area contributed by atoms with Gasteiger partial charge in [0.05, 0.1) is 18.7 Å². The molecule has 0 radical (unpaired) electrons. The number of nitrogens with zero attached hydrogens (tertiary/aromatic N) is 3. The van der Waals surface area contributed by atoms with Crippen molar-refractivity contribution >= 4 is 57.3 Å². The number of thioether (sulfide) groups is 1. The van der Waals surface area contributed by atoms with Gasteiger partial charge in [0.2, 0.25) is 5.13 Å². The summed E-state index contributed by atoms with van der Waals surface area (Å²) in [6.45, 7) is 0. The van der Waals surface area contributed by atoms with Gasteiger partial charge in [0, 0.05) is 16.3 Å². The van der Waals surface area contributed by atoms with Gasteiger partial charge >= 0.3 is 5.91 Å². The number of carbonyl (C=O) groups is 2. The standard InChI is InChI=1S/C27H20ClN3O4S2/c1-35-20-13-9-18(10-14-20)23(32)21-22(17-7-11-19(28)12-8-17)31(25(34)24(21)33)26-29-30-27(37-26)36-15-16-5-3-2-4-6-16/h2-14,22,32H,15H2,1H3/t22-/m0/s1. The van der Waals surface area contributed by atoms with Gasteiger partial charge < -0.3 is 9.84 Å². The first kappa shape index (κ1) is 25.0. The van der Waals surface area contributed by atoms with E-state index in [9.17, 15) is 14.7 Å². The molecule has 1 aliphatic heterocycles. The van der Waals surface area contributed by atoms with Crippen molar-refractivity contribution in [2.24, 2.45) is 0 Å². The number of ether oxygens (including phenoxy) is 1. The van der Waals surface area contributed by atoms with Crippen LogP contribution in [0.2, 0.25) is 5.02 Å². The summed E-state index contributed by atoms with van der Waals surface area (Å²) in [7, 11) is 1.54. The van der Waals surface area contributed by atoms with Crippen LogP contribution < -0.4 is 9.64 Å². The van der Waals surface area contributed by atoms with Crippen LogP contribution in [-0.4, -0.2) is 34.1 Å². The van der Waals surface area contributed by atoms with Crippen molar-refractivity contribution in [3.05, 3.63) is 106 Å². The zero-order chi connectivity index (χ0) is 25.9. The van der Waals surface area contributed by atoms with Gasteiger partial charge in [-0.2, -0.15) is 0 Å². The number of aliphatic hydroxyl groups excluding tert-OH is 1. The zero-order valence-corrected chi connectivity index (χ0v) is 21.9. The van der Waals surface area contributed by atoms with Crippen molar-refractivity contribution in [2.45, 2.75) is 16.1 Å². The van der Waals surface area contributed by atoms with Crippen LogP contribution in [0, 0.1) is 0 Å². The van der Waals surface area contributed by atoms with Gasteiger partial charge in [-0.1, -0.05) is 77.2 Å². The lowest BCUT2D eigenvalue weighted by Gasteiger charge is -2.22. The van der Waals surface area contributed by atoms with Gasteiger partial charge in [0.15, 0.2) is 4.34 Å². The average Bonchev–Trinajstić information content (AvgIpc) is 3.50. The Morgan fingerprint density at radius 2 is 1.73 bits per heavy atom. The van der Waals surface area contributed by atoms with Crippen LogP contribution in [-0.2, 0) is 15.3 Å². The number of hydrogen-bond acceptors (Lipinski definition) is 8. The summed E-state index contributed by atoms with van der Waals surface area (Å²) >= 11 is 8.81. The Kier molecular flexibility index (Phi) is 7.27. The van der Waals surface area contributed by atoms with E-state index in [0.29, 0.717) is 32.0 Å². The number of hydrogen-bond donors (Lipinski definition) is 1. The highest BCUT2D eigenvalue weighted by atomic mass is 35.5. The maximum absolute atomic E-state index is 13.3. The average molecular weight is 550 g/mol. The number of aliphatic hydroxyl groups is 1. The van der Waals surface area contributed by atoms with Crippen molar-refractivity contribution in [3.8, 4) is 5.75 Å².